The van der Waals surface area contributed by atoms with Gasteiger partial charge in [-0.15, -0.1) is 0 Å². The number of nitrogens with two attached hydrogens (primary N) is 1. The molecule has 0 bridgehead atoms. The van der Waals surface area contributed by atoms with Gasteiger partial charge in [0.05, 0.1) is 4.92 Å². The first-order valence-corrected chi connectivity index (χ1v) is 5.80. The number of nitrogens with one attached hydrogen (secondary N) is 1. The summed E-state index contributed by atoms with van der Waals surface area (Å²) in [5, 5.41) is 22.6. The number of hydrogen-bond donors (Lipinski definition) is 2. The zero-order chi connectivity index (χ0) is 13.1. The topological polar surface area (TPSA) is 105 Å². The summed E-state index contributed by atoms with van der Waals surface area (Å²) in [5.41, 5.74) is 6.52. The Labute approximate surface area is 105 Å². The summed E-state index contributed by atoms with van der Waals surface area (Å²) in [4.78, 5) is 10.1. The van der Waals surface area contributed by atoms with E-state index >= 15 is 0 Å². The second kappa shape index (κ2) is 5.02. The SMILES string of the molecule is N#Cc1cc(NCC(N)C2CC2)ccc1[N+](=O)[O-]. The molecule has 2 rings (SSSR count). The third-order valence-corrected chi connectivity index (χ3v) is 3.08. The van der Waals surface area contributed by atoms with Crippen molar-refractivity contribution in [1.29, 1.82) is 5.26 Å². The van der Waals surface area contributed by atoms with Crippen LogP contribution in [0.2, 0.25) is 0 Å². The van der Waals surface area contributed by atoms with Gasteiger partial charge in [0, 0.05) is 24.3 Å². The molecule has 0 saturated heterocycles. The lowest BCUT2D eigenvalue weighted by Gasteiger charge is -2.12. The van der Waals surface area contributed by atoms with Gasteiger partial charge in [0.15, 0.2) is 0 Å². The zero-order valence-electron chi connectivity index (χ0n) is 9.80. The van der Waals surface area contributed by atoms with Crippen LogP contribution in [-0.2, 0) is 0 Å². The monoisotopic (exact) mass is 246 g/mol. The second-order valence-corrected chi connectivity index (χ2v) is 4.48. The predicted molar refractivity (Wildman–Crippen MR) is 67.0 cm³/mol. The van der Waals surface area contributed by atoms with Gasteiger partial charge in [-0.3, -0.25) is 10.1 Å². The molecule has 1 saturated carbocycles. The molecule has 0 aromatic heterocycles. The molecule has 0 spiro atoms. The second-order valence-electron chi connectivity index (χ2n) is 4.48. The third-order valence-electron chi connectivity index (χ3n) is 3.08. The van der Waals surface area contributed by atoms with Crippen molar-refractivity contribution in [2.45, 2.75) is 18.9 Å². The highest BCUT2D eigenvalue weighted by Gasteiger charge is 2.28. The fraction of sp³-hybridized carbons (Fsp3) is 0.417. The maximum Gasteiger partial charge on any atom is 0.287 e. The number of hydrogen-bond acceptors (Lipinski definition) is 5. The summed E-state index contributed by atoms with van der Waals surface area (Å²) in [5.74, 6) is 0.589. The van der Waals surface area contributed by atoms with Gasteiger partial charge in [0.25, 0.3) is 5.69 Å². The van der Waals surface area contributed by atoms with Crippen LogP contribution in [0.1, 0.15) is 18.4 Å². The zero-order valence-corrected chi connectivity index (χ0v) is 9.80. The average molecular weight is 246 g/mol. The Kier molecular flexibility index (Phi) is 3.44. The van der Waals surface area contributed by atoms with Crippen molar-refractivity contribution in [1.82, 2.24) is 0 Å². The summed E-state index contributed by atoms with van der Waals surface area (Å²) in [6.07, 6.45) is 2.35. The molecule has 6 nitrogen and oxygen atoms in total. The Morgan fingerprint density at radius 1 is 1.61 bits per heavy atom. The van der Waals surface area contributed by atoms with Crippen LogP contribution < -0.4 is 11.1 Å². The predicted octanol–water partition coefficient (Wildman–Crippen LogP) is 1.62. The average Bonchev–Trinajstić information content (AvgIpc) is 3.19. The Hall–Kier alpha value is -2.13. The molecule has 1 aliphatic rings. The van der Waals surface area contributed by atoms with Crippen molar-refractivity contribution < 1.29 is 4.92 Å². The van der Waals surface area contributed by atoms with Crippen LogP contribution in [0.25, 0.3) is 0 Å². The molecule has 94 valence electrons. The van der Waals surface area contributed by atoms with E-state index in [2.05, 4.69) is 5.32 Å². The van der Waals surface area contributed by atoms with Crippen molar-refractivity contribution >= 4 is 11.4 Å². The normalized spacial score (nSPS) is 15.8. The van der Waals surface area contributed by atoms with E-state index < -0.39 is 4.92 Å². The summed E-state index contributed by atoms with van der Waals surface area (Å²) in [7, 11) is 0. The quantitative estimate of drug-likeness (QED) is 0.606. The van der Waals surface area contributed by atoms with E-state index in [-0.39, 0.29) is 17.3 Å². The third kappa shape index (κ3) is 2.76. The number of benzene rings is 1. The number of nitrogens with zero attached hydrogens (tertiary/aromatic N) is 2. The molecular formula is C12H14N4O2. The van der Waals surface area contributed by atoms with E-state index in [1.807, 2.05) is 6.07 Å². The van der Waals surface area contributed by atoms with Gasteiger partial charge in [0.2, 0.25) is 0 Å². The van der Waals surface area contributed by atoms with E-state index in [1.165, 1.54) is 25.0 Å². The van der Waals surface area contributed by atoms with E-state index in [0.29, 0.717) is 18.2 Å². The molecule has 0 aliphatic heterocycles. The van der Waals surface area contributed by atoms with Crippen LogP contribution in [0.4, 0.5) is 11.4 Å². The highest BCUT2D eigenvalue weighted by atomic mass is 16.6. The number of nitro groups is 1. The maximum absolute atomic E-state index is 10.7. The van der Waals surface area contributed by atoms with Gasteiger partial charge in [-0.05, 0) is 30.9 Å². The molecule has 18 heavy (non-hydrogen) atoms. The summed E-state index contributed by atoms with van der Waals surface area (Å²) < 4.78 is 0. The Morgan fingerprint density at radius 2 is 2.33 bits per heavy atom. The number of rotatable bonds is 5. The van der Waals surface area contributed by atoms with Crippen LogP contribution >= 0.6 is 0 Å². The van der Waals surface area contributed by atoms with E-state index in [4.69, 9.17) is 11.0 Å². The molecular weight excluding hydrogens is 232 g/mol. The maximum atomic E-state index is 10.7. The minimum absolute atomic E-state index is 0.0602. The summed E-state index contributed by atoms with van der Waals surface area (Å²) >= 11 is 0. The fourth-order valence-electron chi connectivity index (χ4n) is 1.82. The van der Waals surface area contributed by atoms with Crippen molar-refractivity contribution in [3.8, 4) is 6.07 Å². The van der Waals surface area contributed by atoms with Crippen molar-refractivity contribution in [3.05, 3.63) is 33.9 Å². The van der Waals surface area contributed by atoms with Gasteiger partial charge in [-0.25, -0.2) is 0 Å². The smallest absolute Gasteiger partial charge is 0.287 e. The lowest BCUT2D eigenvalue weighted by molar-refractivity contribution is -0.385. The molecule has 0 radical (unpaired) electrons. The van der Waals surface area contributed by atoms with E-state index in [1.54, 1.807) is 6.07 Å². The Balaban J connectivity index is 2.05. The molecule has 0 heterocycles. The van der Waals surface area contributed by atoms with E-state index in [9.17, 15) is 10.1 Å². The van der Waals surface area contributed by atoms with Crippen LogP contribution in [-0.4, -0.2) is 17.5 Å². The van der Waals surface area contributed by atoms with Gasteiger partial charge in [-0.1, -0.05) is 0 Å². The summed E-state index contributed by atoms with van der Waals surface area (Å²) in [6.45, 7) is 0.618. The Bertz CT molecular complexity index is 505. The van der Waals surface area contributed by atoms with Crippen molar-refractivity contribution in [2.24, 2.45) is 11.7 Å². The number of anilines is 1. The number of nitro benzene ring substituents is 1. The van der Waals surface area contributed by atoms with Crippen molar-refractivity contribution in [2.75, 3.05) is 11.9 Å². The molecule has 3 N–H and O–H groups in total. The molecule has 1 unspecified atom stereocenters. The minimum Gasteiger partial charge on any atom is -0.383 e. The van der Waals surface area contributed by atoms with Gasteiger partial charge in [-0.2, -0.15) is 5.26 Å². The first-order valence-electron chi connectivity index (χ1n) is 5.80. The highest BCUT2D eigenvalue weighted by molar-refractivity contribution is 5.58. The molecule has 1 aromatic carbocycles. The minimum atomic E-state index is -0.557. The molecule has 1 aromatic rings. The molecule has 0 amide bonds. The highest BCUT2D eigenvalue weighted by Crippen LogP contribution is 2.31. The lowest BCUT2D eigenvalue weighted by atomic mass is 10.1. The van der Waals surface area contributed by atoms with Crippen molar-refractivity contribution in [3.63, 3.8) is 0 Å². The fourth-order valence-corrected chi connectivity index (χ4v) is 1.82. The lowest BCUT2D eigenvalue weighted by Crippen LogP contribution is -2.31. The molecule has 1 atom stereocenters. The van der Waals surface area contributed by atoms with Gasteiger partial charge in [0.1, 0.15) is 11.6 Å². The van der Waals surface area contributed by atoms with Crippen LogP contribution in [0.5, 0.6) is 0 Å². The van der Waals surface area contributed by atoms with Crippen LogP contribution in [0.3, 0.4) is 0 Å². The Morgan fingerprint density at radius 3 is 2.89 bits per heavy atom. The largest absolute Gasteiger partial charge is 0.383 e. The molecule has 1 fully saturated rings. The molecule has 6 heteroatoms. The van der Waals surface area contributed by atoms with E-state index in [0.717, 1.165) is 0 Å². The first kappa shape index (κ1) is 12.3. The number of nitriles is 1. The standard InChI is InChI=1S/C12H14N4O2/c13-6-9-5-10(3-4-12(9)16(17)18)15-7-11(14)8-1-2-8/h3-5,8,11,15H,1-2,7,14H2. The first-order chi connectivity index (χ1) is 8.61. The summed E-state index contributed by atoms with van der Waals surface area (Å²) in [6, 6.07) is 6.35. The molecule has 1 aliphatic carbocycles. The van der Waals surface area contributed by atoms with Crippen LogP contribution in [0, 0.1) is 27.4 Å². The van der Waals surface area contributed by atoms with Gasteiger partial charge >= 0.3 is 0 Å². The van der Waals surface area contributed by atoms with Gasteiger partial charge < -0.3 is 11.1 Å². The van der Waals surface area contributed by atoms with Crippen LogP contribution in [0.15, 0.2) is 18.2 Å².